The summed E-state index contributed by atoms with van der Waals surface area (Å²) in [5.74, 6) is 1.41. The Kier molecular flexibility index (Phi) is 5.63. The second kappa shape index (κ2) is 7.69. The van der Waals surface area contributed by atoms with E-state index in [9.17, 15) is 5.11 Å². The smallest absolute Gasteiger partial charge is 0.129 e. The number of benzene rings is 1. The average Bonchev–Trinajstić information content (AvgIpc) is 2.99. The molecule has 1 N–H and O–H groups in total. The highest BCUT2D eigenvalue weighted by Crippen LogP contribution is 2.26. The predicted octanol–water partition coefficient (Wildman–Crippen LogP) is 2.76. The second-order valence-electron chi connectivity index (χ2n) is 4.77. The van der Waals surface area contributed by atoms with Gasteiger partial charge in [-0.3, -0.25) is 4.68 Å². The molecule has 0 bridgehead atoms. The Bertz CT molecular complexity index is 566. The lowest BCUT2D eigenvalue weighted by Crippen LogP contribution is -2.00. The van der Waals surface area contributed by atoms with Crippen LogP contribution in [0.25, 0.3) is 0 Å². The number of aliphatic hydroxyl groups excluding tert-OH is 1. The fraction of sp³-hybridized carbons (Fsp3) is 0.438. The number of hydrogen-bond donors (Lipinski definition) is 1. The van der Waals surface area contributed by atoms with E-state index >= 15 is 0 Å². The summed E-state index contributed by atoms with van der Waals surface area (Å²) in [4.78, 5) is 0. The normalized spacial score (nSPS) is 10.6. The molecule has 0 aliphatic heterocycles. The maximum Gasteiger partial charge on any atom is 0.129 e. The molecule has 0 aliphatic rings. The van der Waals surface area contributed by atoms with Crippen molar-refractivity contribution in [2.75, 3.05) is 6.61 Å². The Hall–Kier alpha value is -2.01. The van der Waals surface area contributed by atoms with Gasteiger partial charge in [-0.15, -0.1) is 0 Å². The standard InChI is InChI=1S/C16H22N2O3/c1-3-7-20-15-6-5-14(11-19)16(8-15)21-12-13-9-17-18(4-2)10-13/h5-6,8-10,19H,3-4,7,11-12H2,1-2H3. The first kappa shape index (κ1) is 15.4. The lowest BCUT2D eigenvalue weighted by Gasteiger charge is -2.12. The topological polar surface area (TPSA) is 56.5 Å². The third-order valence-corrected chi connectivity index (χ3v) is 3.09. The summed E-state index contributed by atoms with van der Waals surface area (Å²) in [5.41, 5.74) is 1.75. The number of aryl methyl sites for hydroxylation is 1. The molecule has 0 amide bonds. The third kappa shape index (κ3) is 4.23. The molecule has 0 aliphatic carbocycles. The molecule has 0 spiro atoms. The van der Waals surface area contributed by atoms with Gasteiger partial charge in [-0.1, -0.05) is 6.92 Å². The molecule has 2 rings (SSSR count). The van der Waals surface area contributed by atoms with Crippen molar-refractivity contribution in [1.29, 1.82) is 0 Å². The van der Waals surface area contributed by atoms with Gasteiger partial charge in [-0.25, -0.2) is 0 Å². The van der Waals surface area contributed by atoms with Crippen molar-refractivity contribution >= 4 is 0 Å². The van der Waals surface area contributed by atoms with E-state index in [1.807, 2.05) is 36.0 Å². The van der Waals surface area contributed by atoms with Crippen LogP contribution >= 0.6 is 0 Å². The van der Waals surface area contributed by atoms with Crippen LogP contribution in [0.1, 0.15) is 31.4 Å². The van der Waals surface area contributed by atoms with E-state index < -0.39 is 0 Å². The van der Waals surface area contributed by atoms with Crippen LogP contribution < -0.4 is 9.47 Å². The number of rotatable bonds is 8. The van der Waals surface area contributed by atoms with Crippen LogP contribution in [0.2, 0.25) is 0 Å². The number of nitrogens with zero attached hydrogens (tertiary/aromatic N) is 2. The molecule has 1 aromatic heterocycles. The van der Waals surface area contributed by atoms with Crippen molar-refractivity contribution in [2.45, 2.75) is 40.0 Å². The highest BCUT2D eigenvalue weighted by Gasteiger charge is 2.07. The molecule has 0 saturated carbocycles. The zero-order chi connectivity index (χ0) is 15.1. The SMILES string of the molecule is CCCOc1ccc(CO)c(OCc2cnn(CC)c2)c1. The Labute approximate surface area is 125 Å². The molecule has 0 saturated heterocycles. The number of ether oxygens (including phenoxy) is 2. The van der Waals surface area contributed by atoms with E-state index in [0.717, 1.165) is 29.8 Å². The second-order valence-corrected chi connectivity index (χ2v) is 4.77. The van der Waals surface area contributed by atoms with Crippen LogP contribution in [-0.4, -0.2) is 21.5 Å². The van der Waals surface area contributed by atoms with Crippen molar-refractivity contribution in [3.63, 3.8) is 0 Å². The largest absolute Gasteiger partial charge is 0.493 e. The van der Waals surface area contributed by atoms with Gasteiger partial charge >= 0.3 is 0 Å². The summed E-state index contributed by atoms with van der Waals surface area (Å²) in [6, 6.07) is 5.50. The monoisotopic (exact) mass is 290 g/mol. The number of hydrogen-bond acceptors (Lipinski definition) is 4. The summed E-state index contributed by atoms with van der Waals surface area (Å²) in [6.07, 6.45) is 4.70. The average molecular weight is 290 g/mol. The molecule has 0 radical (unpaired) electrons. The van der Waals surface area contributed by atoms with Crippen LogP contribution in [0, 0.1) is 0 Å². The van der Waals surface area contributed by atoms with Crippen molar-refractivity contribution in [2.24, 2.45) is 0 Å². The van der Waals surface area contributed by atoms with Gasteiger partial charge in [-0.05, 0) is 25.5 Å². The van der Waals surface area contributed by atoms with E-state index in [-0.39, 0.29) is 6.61 Å². The molecular formula is C16H22N2O3. The fourth-order valence-corrected chi connectivity index (χ4v) is 1.92. The zero-order valence-electron chi connectivity index (χ0n) is 12.6. The number of aromatic nitrogens is 2. The van der Waals surface area contributed by atoms with Crippen LogP contribution in [0.3, 0.4) is 0 Å². The first-order chi connectivity index (χ1) is 10.3. The van der Waals surface area contributed by atoms with Gasteiger partial charge in [0.25, 0.3) is 0 Å². The molecule has 2 aromatic rings. The Morgan fingerprint density at radius 3 is 2.76 bits per heavy atom. The first-order valence-corrected chi connectivity index (χ1v) is 7.27. The van der Waals surface area contributed by atoms with Gasteiger partial charge in [0.15, 0.2) is 0 Å². The molecule has 5 heteroatoms. The van der Waals surface area contributed by atoms with Crippen molar-refractivity contribution < 1.29 is 14.6 Å². The fourth-order valence-electron chi connectivity index (χ4n) is 1.92. The van der Waals surface area contributed by atoms with Crippen molar-refractivity contribution in [3.8, 4) is 11.5 Å². The van der Waals surface area contributed by atoms with Crippen LogP contribution in [0.15, 0.2) is 30.6 Å². The van der Waals surface area contributed by atoms with Crippen LogP contribution in [0.4, 0.5) is 0 Å². The van der Waals surface area contributed by atoms with Gasteiger partial charge in [0.2, 0.25) is 0 Å². The van der Waals surface area contributed by atoms with Gasteiger partial charge in [0.05, 0.1) is 19.4 Å². The molecule has 0 fully saturated rings. The maximum atomic E-state index is 9.39. The van der Waals surface area contributed by atoms with Gasteiger partial charge in [0.1, 0.15) is 18.1 Å². The minimum atomic E-state index is -0.0579. The summed E-state index contributed by atoms with van der Waals surface area (Å²) >= 11 is 0. The molecule has 0 atom stereocenters. The molecule has 1 aromatic carbocycles. The Morgan fingerprint density at radius 2 is 2.10 bits per heavy atom. The van der Waals surface area contributed by atoms with E-state index in [4.69, 9.17) is 9.47 Å². The summed E-state index contributed by atoms with van der Waals surface area (Å²) in [7, 11) is 0. The molecule has 5 nitrogen and oxygen atoms in total. The summed E-state index contributed by atoms with van der Waals surface area (Å²) in [6.45, 7) is 5.96. The highest BCUT2D eigenvalue weighted by atomic mass is 16.5. The molecule has 21 heavy (non-hydrogen) atoms. The maximum absolute atomic E-state index is 9.39. The third-order valence-electron chi connectivity index (χ3n) is 3.09. The van der Waals surface area contributed by atoms with Gasteiger partial charge in [-0.2, -0.15) is 5.10 Å². The van der Waals surface area contributed by atoms with E-state index in [2.05, 4.69) is 12.0 Å². The minimum absolute atomic E-state index is 0.0579. The van der Waals surface area contributed by atoms with E-state index in [1.54, 1.807) is 6.20 Å². The zero-order valence-corrected chi connectivity index (χ0v) is 12.6. The van der Waals surface area contributed by atoms with Gasteiger partial charge in [0, 0.05) is 29.9 Å². The minimum Gasteiger partial charge on any atom is -0.493 e. The lowest BCUT2D eigenvalue weighted by molar-refractivity contribution is 0.256. The molecule has 1 heterocycles. The van der Waals surface area contributed by atoms with E-state index in [1.165, 1.54) is 0 Å². The van der Waals surface area contributed by atoms with E-state index in [0.29, 0.717) is 19.0 Å². The molecule has 114 valence electrons. The number of aliphatic hydroxyl groups is 1. The molecular weight excluding hydrogens is 268 g/mol. The van der Waals surface area contributed by atoms with Crippen LogP contribution in [-0.2, 0) is 19.8 Å². The Morgan fingerprint density at radius 1 is 1.24 bits per heavy atom. The Balaban J connectivity index is 2.05. The summed E-state index contributed by atoms with van der Waals surface area (Å²) in [5, 5.41) is 13.6. The van der Waals surface area contributed by atoms with Crippen molar-refractivity contribution in [1.82, 2.24) is 9.78 Å². The predicted molar refractivity (Wildman–Crippen MR) is 80.4 cm³/mol. The molecule has 0 unspecified atom stereocenters. The lowest BCUT2D eigenvalue weighted by atomic mass is 10.2. The highest BCUT2D eigenvalue weighted by molar-refractivity contribution is 5.40. The first-order valence-electron chi connectivity index (χ1n) is 7.27. The van der Waals surface area contributed by atoms with Gasteiger partial charge < -0.3 is 14.6 Å². The summed E-state index contributed by atoms with van der Waals surface area (Å²) < 4.78 is 13.2. The van der Waals surface area contributed by atoms with Crippen LogP contribution in [0.5, 0.6) is 11.5 Å². The van der Waals surface area contributed by atoms with Crippen molar-refractivity contribution in [3.05, 3.63) is 41.7 Å². The quantitative estimate of drug-likeness (QED) is 0.812.